The smallest absolute Gasteiger partial charge is 0.143 e. The molecule has 0 amide bonds. The monoisotopic (exact) mass is 345 g/mol. The fraction of sp³-hybridized carbons (Fsp3) is 0.250. The number of methoxy groups -OCH3 is 1. The maximum Gasteiger partial charge on any atom is 0.143 e. The number of ether oxygens (including phenoxy) is 1. The van der Waals surface area contributed by atoms with Crippen LogP contribution < -0.4 is 4.74 Å². The second-order valence-corrected chi connectivity index (χ2v) is 6.76. The summed E-state index contributed by atoms with van der Waals surface area (Å²) in [5, 5.41) is 4.29. The molecule has 0 N–H and O–H groups in total. The quantitative estimate of drug-likeness (QED) is 0.564. The first kappa shape index (κ1) is 15.1. The molecule has 5 rings (SSSR count). The molecule has 130 valence electrons. The minimum Gasteiger partial charge on any atom is -0.495 e. The van der Waals surface area contributed by atoms with Crippen molar-refractivity contribution >= 4 is 11.0 Å². The van der Waals surface area contributed by atoms with Crippen molar-refractivity contribution in [2.45, 2.75) is 18.9 Å². The largest absolute Gasteiger partial charge is 0.495 e. The van der Waals surface area contributed by atoms with Crippen LogP contribution in [0.15, 0.2) is 49.1 Å². The van der Waals surface area contributed by atoms with Gasteiger partial charge in [0.1, 0.15) is 11.6 Å². The Morgan fingerprint density at radius 2 is 1.92 bits per heavy atom. The average molecular weight is 345 g/mol. The van der Waals surface area contributed by atoms with Crippen LogP contribution in [0, 0.1) is 0 Å². The van der Waals surface area contributed by atoms with Crippen LogP contribution in [0.2, 0.25) is 0 Å². The summed E-state index contributed by atoms with van der Waals surface area (Å²) in [4.78, 5) is 9.21. The molecular weight excluding hydrogens is 326 g/mol. The fourth-order valence-electron chi connectivity index (χ4n) is 3.40. The van der Waals surface area contributed by atoms with Gasteiger partial charge in [-0.15, -0.1) is 0 Å². The van der Waals surface area contributed by atoms with Crippen molar-refractivity contribution in [3.63, 3.8) is 0 Å². The lowest BCUT2D eigenvalue weighted by Crippen LogP contribution is -1.98. The first-order chi connectivity index (χ1) is 12.7. The molecule has 1 saturated carbocycles. The van der Waals surface area contributed by atoms with Crippen LogP contribution in [0.4, 0.5) is 0 Å². The van der Waals surface area contributed by atoms with E-state index in [1.54, 1.807) is 13.3 Å². The summed E-state index contributed by atoms with van der Waals surface area (Å²) in [5.41, 5.74) is 5.41. The molecule has 0 aliphatic heterocycles. The first-order valence-corrected chi connectivity index (χ1v) is 8.73. The van der Waals surface area contributed by atoms with Gasteiger partial charge in [0.25, 0.3) is 0 Å². The number of aromatic nitrogens is 5. The van der Waals surface area contributed by atoms with E-state index in [4.69, 9.17) is 9.72 Å². The zero-order valence-electron chi connectivity index (χ0n) is 14.8. The van der Waals surface area contributed by atoms with Gasteiger partial charge in [-0.25, -0.2) is 4.98 Å². The van der Waals surface area contributed by atoms with E-state index in [-0.39, 0.29) is 0 Å². The van der Waals surface area contributed by atoms with Crippen molar-refractivity contribution in [1.82, 2.24) is 24.3 Å². The van der Waals surface area contributed by atoms with Crippen LogP contribution in [0.1, 0.15) is 18.9 Å². The van der Waals surface area contributed by atoms with Gasteiger partial charge in [0.05, 0.1) is 30.5 Å². The van der Waals surface area contributed by atoms with Crippen molar-refractivity contribution in [3.8, 4) is 28.3 Å². The molecule has 1 aliphatic rings. The van der Waals surface area contributed by atoms with Crippen molar-refractivity contribution in [2.75, 3.05) is 7.11 Å². The normalized spacial score (nSPS) is 14.1. The average Bonchev–Trinajstić information content (AvgIpc) is 3.30. The molecule has 0 saturated heterocycles. The second-order valence-electron chi connectivity index (χ2n) is 6.76. The third kappa shape index (κ3) is 2.45. The van der Waals surface area contributed by atoms with E-state index in [2.05, 4.69) is 32.8 Å². The number of rotatable bonds is 4. The van der Waals surface area contributed by atoms with Crippen LogP contribution in [0.25, 0.3) is 33.5 Å². The Kier molecular flexibility index (Phi) is 3.31. The third-order valence-corrected chi connectivity index (χ3v) is 4.85. The maximum atomic E-state index is 5.34. The molecule has 4 aromatic rings. The predicted molar refractivity (Wildman–Crippen MR) is 100.0 cm³/mol. The van der Waals surface area contributed by atoms with Crippen LogP contribution in [-0.2, 0) is 7.05 Å². The topological polar surface area (TPSA) is 57.8 Å². The summed E-state index contributed by atoms with van der Waals surface area (Å²) >= 11 is 0. The number of fused-ring (bicyclic) bond motifs is 1. The molecule has 3 aromatic heterocycles. The Morgan fingerprint density at radius 3 is 2.65 bits per heavy atom. The molecule has 0 bridgehead atoms. The Hall–Kier alpha value is -3.15. The number of imidazole rings is 1. The van der Waals surface area contributed by atoms with Crippen molar-refractivity contribution in [1.29, 1.82) is 0 Å². The van der Waals surface area contributed by atoms with E-state index in [1.807, 2.05) is 36.4 Å². The fourth-order valence-corrected chi connectivity index (χ4v) is 3.40. The predicted octanol–water partition coefficient (Wildman–Crippen LogP) is 3.84. The molecule has 0 spiro atoms. The van der Waals surface area contributed by atoms with E-state index >= 15 is 0 Å². The lowest BCUT2D eigenvalue weighted by Gasteiger charge is -2.09. The Morgan fingerprint density at radius 1 is 1.04 bits per heavy atom. The highest BCUT2D eigenvalue weighted by Crippen LogP contribution is 2.42. The number of hydrogen-bond acceptors (Lipinski definition) is 4. The van der Waals surface area contributed by atoms with E-state index in [0.29, 0.717) is 6.04 Å². The molecule has 0 unspecified atom stereocenters. The molecule has 3 heterocycles. The van der Waals surface area contributed by atoms with Crippen molar-refractivity contribution < 1.29 is 4.74 Å². The van der Waals surface area contributed by atoms with Gasteiger partial charge in [-0.05, 0) is 36.6 Å². The number of pyridine rings is 1. The van der Waals surface area contributed by atoms with Crippen LogP contribution in [0.5, 0.6) is 5.75 Å². The zero-order chi connectivity index (χ0) is 17.7. The number of nitrogens with zero attached hydrogens (tertiary/aromatic N) is 5. The maximum absolute atomic E-state index is 5.34. The highest BCUT2D eigenvalue weighted by molar-refractivity contribution is 5.85. The number of benzene rings is 1. The Balaban J connectivity index is 1.70. The summed E-state index contributed by atoms with van der Waals surface area (Å²) in [5.74, 6) is 1.70. The lowest BCUT2D eigenvalue weighted by molar-refractivity contribution is 0.413. The van der Waals surface area contributed by atoms with Gasteiger partial charge >= 0.3 is 0 Å². The van der Waals surface area contributed by atoms with Gasteiger partial charge in [-0.2, -0.15) is 5.10 Å². The van der Waals surface area contributed by atoms with Crippen LogP contribution >= 0.6 is 0 Å². The molecule has 6 heteroatoms. The summed E-state index contributed by atoms with van der Waals surface area (Å²) < 4.78 is 9.51. The standard InChI is InChI=1S/C20H19N5O/c1-24-12-15(10-22-24)13-3-6-18-19(8-13)25(16-4-5-16)20(23-18)14-7-17(26-2)11-21-9-14/h3,6-12,16H,4-5H2,1-2H3. The van der Waals surface area contributed by atoms with E-state index in [0.717, 1.165) is 39.3 Å². The minimum atomic E-state index is 0.505. The highest BCUT2D eigenvalue weighted by atomic mass is 16.5. The molecular formula is C20H19N5O. The van der Waals surface area contributed by atoms with Gasteiger partial charge < -0.3 is 9.30 Å². The Labute approximate surface area is 151 Å². The first-order valence-electron chi connectivity index (χ1n) is 8.73. The van der Waals surface area contributed by atoms with Crippen molar-refractivity contribution in [3.05, 3.63) is 49.1 Å². The Bertz CT molecular complexity index is 1110. The number of aryl methyl sites for hydroxylation is 1. The summed E-state index contributed by atoms with van der Waals surface area (Å²) in [7, 11) is 3.59. The second kappa shape index (κ2) is 5.69. The molecule has 0 radical (unpaired) electrons. The summed E-state index contributed by atoms with van der Waals surface area (Å²) in [6.07, 6.45) is 9.87. The minimum absolute atomic E-state index is 0.505. The van der Waals surface area contributed by atoms with Gasteiger partial charge in [-0.1, -0.05) is 6.07 Å². The SMILES string of the molecule is COc1cncc(-c2nc3ccc(-c4cnn(C)c4)cc3n2C2CC2)c1. The summed E-state index contributed by atoms with van der Waals surface area (Å²) in [6.45, 7) is 0. The molecule has 0 atom stereocenters. The third-order valence-electron chi connectivity index (χ3n) is 4.85. The molecule has 6 nitrogen and oxygen atoms in total. The van der Waals surface area contributed by atoms with Gasteiger partial charge in [0.2, 0.25) is 0 Å². The zero-order valence-corrected chi connectivity index (χ0v) is 14.8. The summed E-state index contributed by atoms with van der Waals surface area (Å²) in [6, 6.07) is 8.92. The molecule has 1 aromatic carbocycles. The van der Waals surface area contributed by atoms with Crippen LogP contribution in [-0.4, -0.2) is 31.4 Å². The molecule has 1 aliphatic carbocycles. The van der Waals surface area contributed by atoms with Gasteiger partial charge in [0, 0.05) is 36.6 Å². The van der Waals surface area contributed by atoms with Crippen molar-refractivity contribution in [2.24, 2.45) is 7.05 Å². The van der Waals surface area contributed by atoms with E-state index in [9.17, 15) is 0 Å². The lowest BCUT2D eigenvalue weighted by atomic mass is 10.1. The van der Waals surface area contributed by atoms with Gasteiger partial charge in [0.15, 0.2) is 0 Å². The highest BCUT2D eigenvalue weighted by Gasteiger charge is 2.29. The van der Waals surface area contributed by atoms with Gasteiger partial charge in [-0.3, -0.25) is 9.67 Å². The molecule has 26 heavy (non-hydrogen) atoms. The van der Waals surface area contributed by atoms with E-state index in [1.165, 1.54) is 12.8 Å². The molecule has 1 fully saturated rings. The van der Waals surface area contributed by atoms with Crippen LogP contribution in [0.3, 0.4) is 0 Å². The number of hydrogen-bond donors (Lipinski definition) is 0. The van der Waals surface area contributed by atoms with E-state index < -0.39 is 0 Å².